The number of aryl methyl sites for hydroxylation is 1. The maximum Gasteiger partial charge on any atom is 0.191 e. The normalized spacial score (nSPS) is 17.1. The van der Waals surface area contributed by atoms with Crippen LogP contribution in [0.5, 0.6) is 5.75 Å². The monoisotopic (exact) mass is 377 g/mol. The van der Waals surface area contributed by atoms with Crippen LogP contribution in [0.1, 0.15) is 44.2 Å². The zero-order valence-electron chi connectivity index (χ0n) is 17.1. The molecule has 0 aliphatic carbocycles. The van der Waals surface area contributed by atoms with Gasteiger partial charge in [0.25, 0.3) is 0 Å². The van der Waals surface area contributed by atoms with Crippen molar-refractivity contribution in [2.75, 3.05) is 39.5 Å². The van der Waals surface area contributed by atoms with Crippen molar-refractivity contribution in [3.63, 3.8) is 0 Å². The molecule has 1 aromatic carbocycles. The first-order valence-corrected chi connectivity index (χ1v) is 10.2. The average Bonchev–Trinajstić information content (AvgIpc) is 3.18. The first-order chi connectivity index (χ1) is 13.2. The first-order valence-electron chi connectivity index (χ1n) is 10.2. The molecule has 1 atom stereocenters. The molecule has 2 N–H and O–H groups in total. The molecule has 1 saturated heterocycles. The van der Waals surface area contributed by atoms with Crippen LogP contribution < -0.4 is 15.4 Å². The van der Waals surface area contributed by atoms with Gasteiger partial charge in [0.15, 0.2) is 5.96 Å². The van der Waals surface area contributed by atoms with E-state index in [1.165, 1.54) is 5.56 Å². The fraction of sp³-hybridized carbons (Fsp3) is 0.667. The highest BCUT2D eigenvalue weighted by atomic mass is 16.5. The van der Waals surface area contributed by atoms with E-state index in [0.29, 0.717) is 25.9 Å². The summed E-state index contributed by atoms with van der Waals surface area (Å²) in [5.74, 6) is 1.78. The Kier molecular flexibility index (Phi) is 10.0. The minimum atomic E-state index is 0.300. The lowest BCUT2D eigenvalue weighted by molar-refractivity contribution is 0.0168. The number of ether oxygens (including phenoxy) is 3. The molecular weight excluding hydrogens is 342 g/mol. The second-order valence-corrected chi connectivity index (χ2v) is 6.72. The summed E-state index contributed by atoms with van der Waals surface area (Å²) in [6.45, 7) is 11.5. The Hall–Kier alpha value is -1.79. The van der Waals surface area contributed by atoms with Gasteiger partial charge < -0.3 is 24.8 Å². The van der Waals surface area contributed by atoms with Crippen LogP contribution in [0.3, 0.4) is 0 Å². The number of hydrogen-bond acceptors (Lipinski definition) is 4. The number of guanidine groups is 1. The number of nitrogens with one attached hydrogen (secondary N) is 2. The Morgan fingerprint density at radius 1 is 1.30 bits per heavy atom. The third-order valence-corrected chi connectivity index (χ3v) is 4.39. The van der Waals surface area contributed by atoms with Crippen molar-refractivity contribution in [3.05, 3.63) is 29.3 Å². The molecular formula is C21H35N3O3. The van der Waals surface area contributed by atoms with Crippen LogP contribution in [0.15, 0.2) is 23.2 Å². The molecule has 1 aliphatic heterocycles. The molecule has 0 aromatic heterocycles. The Balaban J connectivity index is 1.70. The van der Waals surface area contributed by atoms with Gasteiger partial charge in [-0.25, -0.2) is 4.99 Å². The van der Waals surface area contributed by atoms with E-state index in [-0.39, 0.29) is 0 Å². The molecule has 1 aliphatic rings. The SMILES string of the molecule is CCNC(=NCc1ccc(OCC)c(C)c1)NCCCOCC1CCCO1. The smallest absolute Gasteiger partial charge is 0.191 e. The summed E-state index contributed by atoms with van der Waals surface area (Å²) >= 11 is 0. The van der Waals surface area contributed by atoms with E-state index in [1.54, 1.807) is 0 Å². The summed E-state index contributed by atoms with van der Waals surface area (Å²) in [6, 6.07) is 6.23. The third kappa shape index (κ3) is 8.18. The van der Waals surface area contributed by atoms with Crippen molar-refractivity contribution >= 4 is 5.96 Å². The molecule has 0 bridgehead atoms. The molecule has 152 valence electrons. The predicted molar refractivity (Wildman–Crippen MR) is 110 cm³/mol. The van der Waals surface area contributed by atoms with Gasteiger partial charge in [0.2, 0.25) is 0 Å². The standard InChI is InChI=1S/C21H35N3O3/c1-4-22-21(23-11-7-12-25-16-19-8-6-13-27-19)24-15-18-9-10-20(26-5-2)17(3)14-18/h9-10,14,19H,4-8,11-13,15-16H2,1-3H3,(H2,22,23,24). The number of hydrogen-bond donors (Lipinski definition) is 2. The van der Waals surface area contributed by atoms with Crippen LogP contribution in [0.4, 0.5) is 0 Å². The van der Waals surface area contributed by atoms with Crippen molar-refractivity contribution in [1.29, 1.82) is 0 Å². The van der Waals surface area contributed by atoms with Crippen LogP contribution in [0.25, 0.3) is 0 Å². The summed E-state index contributed by atoms with van der Waals surface area (Å²) in [6.07, 6.45) is 3.53. The molecule has 0 radical (unpaired) electrons. The number of aliphatic imine (C=N–C) groups is 1. The van der Waals surface area contributed by atoms with E-state index in [9.17, 15) is 0 Å². The van der Waals surface area contributed by atoms with Crippen LogP contribution in [-0.2, 0) is 16.0 Å². The Morgan fingerprint density at radius 3 is 2.89 bits per heavy atom. The topological polar surface area (TPSA) is 64.1 Å². The highest BCUT2D eigenvalue weighted by molar-refractivity contribution is 5.79. The fourth-order valence-electron chi connectivity index (χ4n) is 3.01. The highest BCUT2D eigenvalue weighted by Gasteiger charge is 2.14. The van der Waals surface area contributed by atoms with Gasteiger partial charge >= 0.3 is 0 Å². The summed E-state index contributed by atoms with van der Waals surface area (Å²) < 4.78 is 16.8. The summed E-state index contributed by atoms with van der Waals surface area (Å²) in [5.41, 5.74) is 2.32. The van der Waals surface area contributed by atoms with Gasteiger partial charge in [-0.15, -0.1) is 0 Å². The number of nitrogens with zero attached hydrogens (tertiary/aromatic N) is 1. The average molecular weight is 378 g/mol. The second kappa shape index (κ2) is 12.6. The van der Waals surface area contributed by atoms with Gasteiger partial charge in [-0.2, -0.15) is 0 Å². The van der Waals surface area contributed by atoms with E-state index in [2.05, 4.69) is 41.6 Å². The Labute approximate surface area is 163 Å². The third-order valence-electron chi connectivity index (χ3n) is 4.39. The van der Waals surface area contributed by atoms with Crippen molar-refractivity contribution in [2.45, 2.75) is 52.7 Å². The van der Waals surface area contributed by atoms with Gasteiger partial charge in [-0.05, 0) is 57.2 Å². The fourth-order valence-corrected chi connectivity index (χ4v) is 3.01. The first kappa shape index (κ1) is 21.5. The van der Waals surface area contributed by atoms with Gasteiger partial charge in [-0.1, -0.05) is 12.1 Å². The minimum Gasteiger partial charge on any atom is -0.494 e. The lowest BCUT2D eigenvalue weighted by Crippen LogP contribution is -2.38. The van der Waals surface area contributed by atoms with E-state index in [1.807, 2.05) is 13.0 Å². The summed E-state index contributed by atoms with van der Waals surface area (Å²) in [5, 5.41) is 6.66. The van der Waals surface area contributed by atoms with Gasteiger partial charge in [0.05, 0.1) is 25.9 Å². The van der Waals surface area contributed by atoms with Gasteiger partial charge in [0, 0.05) is 26.3 Å². The number of rotatable bonds is 11. The Morgan fingerprint density at radius 2 is 2.19 bits per heavy atom. The highest BCUT2D eigenvalue weighted by Crippen LogP contribution is 2.19. The number of benzene rings is 1. The molecule has 0 amide bonds. The van der Waals surface area contributed by atoms with Crippen molar-refractivity contribution < 1.29 is 14.2 Å². The van der Waals surface area contributed by atoms with Gasteiger partial charge in [-0.3, -0.25) is 0 Å². The van der Waals surface area contributed by atoms with Gasteiger partial charge in [0.1, 0.15) is 5.75 Å². The maximum absolute atomic E-state index is 5.70. The van der Waals surface area contributed by atoms with E-state index in [0.717, 1.165) is 62.8 Å². The molecule has 1 unspecified atom stereocenters. The molecule has 1 fully saturated rings. The van der Waals surface area contributed by atoms with Crippen LogP contribution >= 0.6 is 0 Å². The zero-order valence-corrected chi connectivity index (χ0v) is 17.1. The van der Waals surface area contributed by atoms with Crippen molar-refractivity contribution in [2.24, 2.45) is 4.99 Å². The molecule has 6 nitrogen and oxygen atoms in total. The minimum absolute atomic E-state index is 0.300. The lowest BCUT2D eigenvalue weighted by atomic mass is 10.1. The van der Waals surface area contributed by atoms with E-state index < -0.39 is 0 Å². The van der Waals surface area contributed by atoms with Crippen LogP contribution in [-0.4, -0.2) is 51.6 Å². The van der Waals surface area contributed by atoms with Crippen molar-refractivity contribution in [1.82, 2.24) is 10.6 Å². The molecule has 1 aromatic rings. The molecule has 27 heavy (non-hydrogen) atoms. The Bertz CT molecular complexity index is 572. The molecule has 2 rings (SSSR count). The van der Waals surface area contributed by atoms with E-state index >= 15 is 0 Å². The zero-order chi connectivity index (χ0) is 19.3. The predicted octanol–water partition coefficient (Wildman–Crippen LogP) is 3.03. The largest absolute Gasteiger partial charge is 0.494 e. The molecule has 0 saturated carbocycles. The van der Waals surface area contributed by atoms with Crippen molar-refractivity contribution in [3.8, 4) is 5.75 Å². The molecule has 1 heterocycles. The summed E-state index contributed by atoms with van der Waals surface area (Å²) in [4.78, 5) is 4.67. The maximum atomic E-state index is 5.70. The van der Waals surface area contributed by atoms with Crippen LogP contribution in [0, 0.1) is 6.92 Å². The quantitative estimate of drug-likeness (QED) is 0.353. The molecule has 0 spiro atoms. The molecule has 6 heteroatoms. The lowest BCUT2D eigenvalue weighted by Gasteiger charge is -2.13. The van der Waals surface area contributed by atoms with E-state index in [4.69, 9.17) is 14.2 Å². The van der Waals surface area contributed by atoms with Crippen LogP contribution in [0.2, 0.25) is 0 Å². The summed E-state index contributed by atoms with van der Waals surface area (Å²) in [7, 11) is 0. The second-order valence-electron chi connectivity index (χ2n) is 6.72.